The Bertz CT molecular complexity index is 922. The Morgan fingerprint density at radius 2 is 1.61 bits per heavy atom. The van der Waals surface area contributed by atoms with Crippen LogP contribution in [-0.2, 0) is 24.3 Å². The first-order chi connectivity index (χ1) is 13.8. The third kappa shape index (κ3) is 4.63. The van der Waals surface area contributed by atoms with Crippen molar-refractivity contribution in [3.05, 3.63) is 71.4 Å². The fourth-order valence-electron chi connectivity index (χ4n) is 4.13. The van der Waals surface area contributed by atoms with Gasteiger partial charge in [-0.25, -0.2) is 0 Å². The summed E-state index contributed by atoms with van der Waals surface area (Å²) in [5.41, 5.74) is 4.68. The molecule has 1 fully saturated rings. The summed E-state index contributed by atoms with van der Waals surface area (Å²) in [6.45, 7) is 3.93. The van der Waals surface area contributed by atoms with Gasteiger partial charge in [0.15, 0.2) is 0 Å². The minimum absolute atomic E-state index is 0.0642. The summed E-state index contributed by atoms with van der Waals surface area (Å²) in [5, 5.41) is 4.24. The van der Waals surface area contributed by atoms with E-state index in [2.05, 4.69) is 45.5 Å². The van der Waals surface area contributed by atoms with Gasteiger partial charge in [0.25, 0.3) is 0 Å². The molecule has 0 atom stereocenters. The van der Waals surface area contributed by atoms with E-state index in [0.29, 0.717) is 13.0 Å². The van der Waals surface area contributed by atoms with E-state index in [0.717, 1.165) is 23.0 Å². The summed E-state index contributed by atoms with van der Waals surface area (Å²) in [4.78, 5) is 18.3. The predicted molar refractivity (Wildman–Crippen MR) is 114 cm³/mol. The summed E-state index contributed by atoms with van der Waals surface area (Å²) in [6, 6.07) is 16.6. The Labute approximate surface area is 166 Å². The van der Waals surface area contributed by atoms with Crippen LogP contribution in [0.5, 0.6) is 0 Å². The van der Waals surface area contributed by atoms with Gasteiger partial charge in [-0.05, 0) is 48.7 Å². The molecule has 4 heteroatoms. The average Bonchev–Trinajstić information content (AvgIpc) is 2.94. The van der Waals surface area contributed by atoms with Crippen LogP contribution in [0.15, 0.2) is 54.7 Å². The number of benzene rings is 2. The zero-order valence-corrected chi connectivity index (χ0v) is 16.4. The summed E-state index contributed by atoms with van der Waals surface area (Å²) in [5.74, 6) is 0.0642. The van der Waals surface area contributed by atoms with Gasteiger partial charge in [0.05, 0.1) is 6.42 Å². The molecule has 0 spiro atoms. The maximum absolute atomic E-state index is 12.5. The van der Waals surface area contributed by atoms with Crippen LogP contribution < -0.4 is 5.32 Å². The fourth-order valence-corrected chi connectivity index (χ4v) is 4.13. The minimum Gasteiger partial charge on any atom is -0.361 e. The molecule has 1 aliphatic heterocycles. The molecule has 0 aliphatic carbocycles. The smallest absolute Gasteiger partial charge is 0.224 e. The van der Waals surface area contributed by atoms with Gasteiger partial charge in [0.1, 0.15) is 0 Å². The van der Waals surface area contributed by atoms with E-state index in [1.165, 1.54) is 49.9 Å². The number of carbonyl (C=O) groups is 1. The zero-order chi connectivity index (χ0) is 19.2. The number of fused-ring (bicyclic) bond motifs is 1. The molecule has 1 saturated heterocycles. The normalized spacial score (nSPS) is 15.4. The SMILES string of the molecule is O=C(Cc1c[nH]c2ccccc12)NCc1ccccc1CN1CCCCCC1. The van der Waals surface area contributed by atoms with Crippen molar-refractivity contribution < 1.29 is 4.79 Å². The summed E-state index contributed by atoms with van der Waals surface area (Å²) in [6.07, 6.45) is 7.63. The molecule has 0 saturated carbocycles. The van der Waals surface area contributed by atoms with Crippen LogP contribution in [0, 0.1) is 0 Å². The Hall–Kier alpha value is -2.59. The van der Waals surface area contributed by atoms with E-state index in [1.54, 1.807) is 0 Å². The number of H-pyrrole nitrogens is 1. The molecular formula is C24H29N3O. The molecule has 0 unspecified atom stereocenters. The highest BCUT2D eigenvalue weighted by Crippen LogP contribution is 2.19. The van der Waals surface area contributed by atoms with E-state index < -0.39 is 0 Å². The monoisotopic (exact) mass is 375 g/mol. The molecule has 4 nitrogen and oxygen atoms in total. The molecular weight excluding hydrogens is 346 g/mol. The molecule has 2 heterocycles. The lowest BCUT2D eigenvalue weighted by Crippen LogP contribution is -2.27. The third-order valence-electron chi connectivity index (χ3n) is 5.71. The van der Waals surface area contributed by atoms with Gasteiger partial charge < -0.3 is 10.3 Å². The lowest BCUT2D eigenvalue weighted by Gasteiger charge is -2.21. The van der Waals surface area contributed by atoms with Crippen molar-refractivity contribution >= 4 is 16.8 Å². The molecule has 0 radical (unpaired) electrons. The van der Waals surface area contributed by atoms with Crippen LogP contribution in [0.25, 0.3) is 10.9 Å². The lowest BCUT2D eigenvalue weighted by molar-refractivity contribution is -0.120. The second-order valence-electron chi connectivity index (χ2n) is 7.77. The molecule has 28 heavy (non-hydrogen) atoms. The number of rotatable bonds is 6. The predicted octanol–water partition coefficient (Wildman–Crippen LogP) is 4.40. The number of nitrogens with zero attached hydrogens (tertiary/aromatic N) is 1. The maximum atomic E-state index is 12.5. The standard InChI is InChI=1S/C24H29N3O/c28-24(15-21-17-25-23-12-6-5-11-22(21)23)26-16-19-9-3-4-10-20(19)18-27-13-7-1-2-8-14-27/h3-6,9-12,17,25H,1-2,7-8,13-16,18H2,(H,26,28). The topological polar surface area (TPSA) is 48.1 Å². The Balaban J connectivity index is 1.37. The van der Waals surface area contributed by atoms with E-state index in [1.807, 2.05) is 24.4 Å². The van der Waals surface area contributed by atoms with E-state index in [4.69, 9.17) is 0 Å². The summed E-state index contributed by atoms with van der Waals surface area (Å²) in [7, 11) is 0. The van der Waals surface area contributed by atoms with Crippen molar-refractivity contribution in [3.8, 4) is 0 Å². The molecule has 146 valence electrons. The highest BCUT2D eigenvalue weighted by atomic mass is 16.1. The van der Waals surface area contributed by atoms with E-state index in [9.17, 15) is 4.79 Å². The largest absolute Gasteiger partial charge is 0.361 e. The maximum Gasteiger partial charge on any atom is 0.224 e. The van der Waals surface area contributed by atoms with Crippen LogP contribution in [-0.4, -0.2) is 28.9 Å². The number of carbonyl (C=O) groups excluding carboxylic acids is 1. The van der Waals surface area contributed by atoms with Gasteiger partial charge in [0.2, 0.25) is 5.91 Å². The first-order valence-corrected chi connectivity index (χ1v) is 10.4. The zero-order valence-electron chi connectivity index (χ0n) is 16.4. The van der Waals surface area contributed by atoms with Gasteiger partial charge in [-0.3, -0.25) is 9.69 Å². The van der Waals surface area contributed by atoms with E-state index in [-0.39, 0.29) is 5.91 Å². The molecule has 0 bridgehead atoms. The molecule has 1 aliphatic rings. The van der Waals surface area contributed by atoms with Crippen molar-refractivity contribution in [2.24, 2.45) is 0 Å². The van der Waals surface area contributed by atoms with Crippen LogP contribution in [0.3, 0.4) is 0 Å². The third-order valence-corrected chi connectivity index (χ3v) is 5.71. The number of hydrogen-bond donors (Lipinski definition) is 2. The van der Waals surface area contributed by atoms with Crippen LogP contribution in [0.4, 0.5) is 0 Å². The lowest BCUT2D eigenvalue weighted by atomic mass is 10.1. The summed E-state index contributed by atoms with van der Waals surface area (Å²) >= 11 is 0. The Morgan fingerprint density at radius 1 is 0.893 bits per heavy atom. The number of hydrogen-bond acceptors (Lipinski definition) is 2. The van der Waals surface area contributed by atoms with Crippen molar-refractivity contribution in [1.29, 1.82) is 0 Å². The number of aromatic amines is 1. The number of likely N-dealkylation sites (tertiary alicyclic amines) is 1. The van der Waals surface area contributed by atoms with Crippen LogP contribution in [0.1, 0.15) is 42.4 Å². The molecule has 2 N–H and O–H groups in total. The number of aromatic nitrogens is 1. The molecule has 4 rings (SSSR count). The fraction of sp³-hybridized carbons (Fsp3) is 0.375. The van der Waals surface area contributed by atoms with Crippen LogP contribution in [0.2, 0.25) is 0 Å². The van der Waals surface area contributed by atoms with Gasteiger partial charge in [0, 0.05) is 30.2 Å². The second kappa shape index (κ2) is 9.07. The Kier molecular flexibility index (Phi) is 6.07. The van der Waals surface area contributed by atoms with Crippen molar-refractivity contribution in [2.75, 3.05) is 13.1 Å². The molecule has 1 aromatic heterocycles. The van der Waals surface area contributed by atoms with Gasteiger partial charge in [-0.15, -0.1) is 0 Å². The second-order valence-corrected chi connectivity index (χ2v) is 7.77. The minimum atomic E-state index is 0.0642. The Morgan fingerprint density at radius 3 is 2.43 bits per heavy atom. The number of amides is 1. The van der Waals surface area contributed by atoms with Gasteiger partial charge in [-0.2, -0.15) is 0 Å². The summed E-state index contributed by atoms with van der Waals surface area (Å²) < 4.78 is 0. The van der Waals surface area contributed by atoms with Gasteiger partial charge in [-0.1, -0.05) is 55.3 Å². The van der Waals surface area contributed by atoms with Crippen LogP contribution >= 0.6 is 0 Å². The van der Waals surface area contributed by atoms with Crippen molar-refractivity contribution in [3.63, 3.8) is 0 Å². The highest BCUT2D eigenvalue weighted by Gasteiger charge is 2.13. The van der Waals surface area contributed by atoms with Crippen molar-refractivity contribution in [2.45, 2.75) is 45.2 Å². The first-order valence-electron chi connectivity index (χ1n) is 10.4. The molecule has 3 aromatic rings. The molecule has 2 aromatic carbocycles. The van der Waals surface area contributed by atoms with E-state index >= 15 is 0 Å². The quantitative estimate of drug-likeness (QED) is 0.671. The molecule has 1 amide bonds. The number of nitrogens with one attached hydrogen (secondary N) is 2. The van der Waals surface area contributed by atoms with Gasteiger partial charge >= 0.3 is 0 Å². The van der Waals surface area contributed by atoms with Crippen molar-refractivity contribution in [1.82, 2.24) is 15.2 Å². The first kappa shape index (κ1) is 18.8. The average molecular weight is 376 g/mol. The number of para-hydroxylation sites is 1. The highest BCUT2D eigenvalue weighted by molar-refractivity contribution is 5.88.